The molecular weight excluding hydrogens is 232 g/mol. The van der Waals surface area contributed by atoms with Gasteiger partial charge in [0.15, 0.2) is 0 Å². The average Bonchev–Trinajstić information content (AvgIpc) is 2.41. The first kappa shape index (κ1) is 13.8. The summed E-state index contributed by atoms with van der Waals surface area (Å²) in [6, 6.07) is 13.1. The van der Waals surface area contributed by atoms with Crippen molar-refractivity contribution in [3.8, 4) is 0 Å². The van der Waals surface area contributed by atoms with Crippen molar-refractivity contribution in [2.45, 2.75) is 33.2 Å². The van der Waals surface area contributed by atoms with Gasteiger partial charge in [0.05, 0.1) is 6.04 Å². The molecule has 1 aromatic heterocycles. The van der Waals surface area contributed by atoms with Gasteiger partial charge < -0.3 is 5.32 Å². The van der Waals surface area contributed by atoms with E-state index in [0.717, 1.165) is 18.7 Å². The Balaban J connectivity index is 2.32. The summed E-state index contributed by atoms with van der Waals surface area (Å²) in [4.78, 5) is 4.42. The summed E-state index contributed by atoms with van der Waals surface area (Å²) < 4.78 is 0. The molecule has 2 nitrogen and oxygen atoms in total. The summed E-state index contributed by atoms with van der Waals surface area (Å²) in [5.74, 6) is 0. The average molecular weight is 254 g/mol. The highest BCUT2D eigenvalue weighted by molar-refractivity contribution is 5.33. The van der Waals surface area contributed by atoms with Crippen molar-refractivity contribution in [2.24, 2.45) is 0 Å². The highest BCUT2D eigenvalue weighted by atomic mass is 14.9. The fourth-order valence-electron chi connectivity index (χ4n) is 2.22. The third-order valence-electron chi connectivity index (χ3n) is 3.24. The number of hydrogen-bond donors (Lipinski definition) is 1. The number of aromatic nitrogens is 1. The number of nitrogens with one attached hydrogen (secondary N) is 1. The van der Waals surface area contributed by atoms with Crippen LogP contribution in [0.3, 0.4) is 0 Å². The maximum atomic E-state index is 4.42. The number of rotatable bonds is 5. The van der Waals surface area contributed by atoms with Gasteiger partial charge in [0, 0.05) is 11.9 Å². The molecule has 0 amide bonds. The van der Waals surface area contributed by atoms with Crippen LogP contribution >= 0.6 is 0 Å². The summed E-state index contributed by atoms with van der Waals surface area (Å²) in [5.41, 5.74) is 4.88. The molecule has 0 spiro atoms. The lowest BCUT2D eigenvalue weighted by atomic mass is 9.98. The third-order valence-corrected chi connectivity index (χ3v) is 3.24. The van der Waals surface area contributed by atoms with E-state index in [9.17, 15) is 0 Å². The molecule has 2 rings (SSSR count). The first-order valence-electron chi connectivity index (χ1n) is 6.93. The van der Waals surface area contributed by atoms with Gasteiger partial charge in [0.1, 0.15) is 0 Å². The van der Waals surface area contributed by atoms with Crippen LogP contribution in [-0.2, 0) is 0 Å². The lowest BCUT2D eigenvalue weighted by Gasteiger charge is -2.20. The third kappa shape index (κ3) is 3.65. The normalized spacial score (nSPS) is 12.4. The molecule has 0 fully saturated rings. The number of hydrogen-bond acceptors (Lipinski definition) is 2. The number of nitrogens with zero attached hydrogens (tertiary/aromatic N) is 1. The van der Waals surface area contributed by atoms with Crippen LogP contribution in [0.1, 0.15) is 41.8 Å². The second-order valence-electron chi connectivity index (χ2n) is 5.03. The second-order valence-corrected chi connectivity index (χ2v) is 5.03. The molecule has 0 aliphatic rings. The van der Waals surface area contributed by atoms with Crippen LogP contribution in [0.2, 0.25) is 0 Å². The second kappa shape index (κ2) is 6.48. The Morgan fingerprint density at radius 2 is 1.95 bits per heavy atom. The van der Waals surface area contributed by atoms with Gasteiger partial charge in [0.25, 0.3) is 0 Å². The van der Waals surface area contributed by atoms with E-state index >= 15 is 0 Å². The minimum atomic E-state index is 0.230. The lowest BCUT2D eigenvalue weighted by molar-refractivity contribution is 0.596. The molecule has 1 aromatic carbocycles. The molecule has 1 N–H and O–H groups in total. The van der Waals surface area contributed by atoms with E-state index in [4.69, 9.17) is 0 Å². The topological polar surface area (TPSA) is 24.9 Å². The predicted molar refractivity (Wildman–Crippen MR) is 80.3 cm³/mol. The van der Waals surface area contributed by atoms with Gasteiger partial charge in [-0.15, -0.1) is 0 Å². The van der Waals surface area contributed by atoms with Crippen LogP contribution in [-0.4, -0.2) is 11.5 Å². The maximum absolute atomic E-state index is 4.42. The van der Waals surface area contributed by atoms with E-state index in [-0.39, 0.29) is 6.04 Å². The summed E-state index contributed by atoms with van der Waals surface area (Å²) >= 11 is 0. The molecule has 0 aliphatic heterocycles. The van der Waals surface area contributed by atoms with Crippen LogP contribution in [0, 0.1) is 13.8 Å². The SMILES string of the molecule is CCCNC(c1ccc(C)nc1)c1cccc(C)c1. The van der Waals surface area contributed by atoms with E-state index < -0.39 is 0 Å². The first-order chi connectivity index (χ1) is 9.20. The zero-order valence-corrected chi connectivity index (χ0v) is 12.0. The van der Waals surface area contributed by atoms with E-state index in [2.05, 4.69) is 60.5 Å². The van der Waals surface area contributed by atoms with Crippen molar-refractivity contribution in [3.05, 3.63) is 65.0 Å². The van der Waals surface area contributed by atoms with Crippen LogP contribution in [0.5, 0.6) is 0 Å². The molecule has 100 valence electrons. The smallest absolute Gasteiger partial charge is 0.0592 e. The number of benzene rings is 1. The molecular formula is C17H22N2. The summed E-state index contributed by atoms with van der Waals surface area (Å²) in [6.07, 6.45) is 3.10. The molecule has 2 aromatic rings. The van der Waals surface area contributed by atoms with Crippen molar-refractivity contribution in [3.63, 3.8) is 0 Å². The maximum Gasteiger partial charge on any atom is 0.0592 e. The van der Waals surface area contributed by atoms with Gasteiger partial charge in [0.2, 0.25) is 0 Å². The van der Waals surface area contributed by atoms with Crippen molar-refractivity contribution >= 4 is 0 Å². The molecule has 0 saturated heterocycles. The van der Waals surface area contributed by atoms with Gasteiger partial charge in [-0.05, 0) is 44.0 Å². The number of aryl methyl sites for hydroxylation is 2. The Morgan fingerprint density at radius 3 is 2.58 bits per heavy atom. The quantitative estimate of drug-likeness (QED) is 0.878. The van der Waals surface area contributed by atoms with Crippen LogP contribution < -0.4 is 5.32 Å². The van der Waals surface area contributed by atoms with Gasteiger partial charge in [-0.2, -0.15) is 0 Å². The fraction of sp³-hybridized carbons (Fsp3) is 0.353. The summed E-state index contributed by atoms with van der Waals surface area (Å²) in [5, 5.41) is 3.61. The molecule has 0 bridgehead atoms. The highest BCUT2D eigenvalue weighted by Crippen LogP contribution is 2.22. The largest absolute Gasteiger partial charge is 0.306 e. The van der Waals surface area contributed by atoms with Crippen molar-refractivity contribution in [1.29, 1.82) is 0 Å². The molecule has 2 heteroatoms. The zero-order chi connectivity index (χ0) is 13.7. The van der Waals surface area contributed by atoms with E-state index in [1.807, 2.05) is 13.1 Å². The van der Waals surface area contributed by atoms with Crippen molar-refractivity contribution < 1.29 is 0 Å². The lowest BCUT2D eigenvalue weighted by Crippen LogP contribution is -2.23. The highest BCUT2D eigenvalue weighted by Gasteiger charge is 2.13. The first-order valence-corrected chi connectivity index (χ1v) is 6.93. The molecule has 1 atom stereocenters. The van der Waals surface area contributed by atoms with Crippen LogP contribution in [0.15, 0.2) is 42.6 Å². The Bertz CT molecular complexity index is 517. The molecule has 1 unspecified atom stereocenters. The fourth-order valence-corrected chi connectivity index (χ4v) is 2.22. The van der Waals surface area contributed by atoms with Crippen LogP contribution in [0.25, 0.3) is 0 Å². The minimum Gasteiger partial charge on any atom is -0.306 e. The van der Waals surface area contributed by atoms with Gasteiger partial charge in [-0.1, -0.05) is 42.8 Å². The summed E-state index contributed by atoms with van der Waals surface area (Å²) in [6.45, 7) is 7.35. The van der Waals surface area contributed by atoms with E-state index in [0.29, 0.717) is 0 Å². The monoisotopic (exact) mass is 254 g/mol. The van der Waals surface area contributed by atoms with Crippen molar-refractivity contribution in [1.82, 2.24) is 10.3 Å². The molecule has 1 heterocycles. The van der Waals surface area contributed by atoms with E-state index in [1.165, 1.54) is 16.7 Å². The van der Waals surface area contributed by atoms with Crippen molar-refractivity contribution in [2.75, 3.05) is 6.54 Å². The Hall–Kier alpha value is -1.67. The standard InChI is InChI=1S/C17H22N2/c1-4-10-18-17(15-7-5-6-13(2)11-15)16-9-8-14(3)19-12-16/h5-9,11-12,17-18H,4,10H2,1-3H3. The van der Waals surface area contributed by atoms with Gasteiger partial charge in [-0.25, -0.2) is 0 Å². The molecule has 19 heavy (non-hydrogen) atoms. The Kier molecular flexibility index (Phi) is 4.69. The molecule has 0 radical (unpaired) electrons. The predicted octanol–water partition coefficient (Wildman–Crippen LogP) is 3.79. The van der Waals surface area contributed by atoms with Gasteiger partial charge in [-0.3, -0.25) is 4.98 Å². The minimum absolute atomic E-state index is 0.230. The summed E-state index contributed by atoms with van der Waals surface area (Å²) in [7, 11) is 0. The zero-order valence-electron chi connectivity index (χ0n) is 12.0. The Labute approximate surface area is 115 Å². The van der Waals surface area contributed by atoms with Gasteiger partial charge >= 0.3 is 0 Å². The van der Waals surface area contributed by atoms with Crippen LogP contribution in [0.4, 0.5) is 0 Å². The Morgan fingerprint density at radius 1 is 1.11 bits per heavy atom. The number of pyridine rings is 1. The van der Waals surface area contributed by atoms with E-state index in [1.54, 1.807) is 0 Å². The molecule has 0 aliphatic carbocycles. The molecule has 0 saturated carbocycles.